The molecule has 0 aliphatic carbocycles. The van der Waals surface area contributed by atoms with E-state index in [0.29, 0.717) is 6.10 Å². The predicted octanol–water partition coefficient (Wildman–Crippen LogP) is 1.65. The Morgan fingerprint density at radius 3 is 3.17 bits per heavy atom. The molecule has 1 saturated heterocycles. The van der Waals surface area contributed by atoms with Crippen LogP contribution in [0.3, 0.4) is 0 Å². The molecule has 0 aromatic carbocycles. The van der Waals surface area contributed by atoms with Gasteiger partial charge in [-0.15, -0.1) is 0 Å². The number of pyridine rings is 1. The van der Waals surface area contributed by atoms with E-state index in [2.05, 4.69) is 26.2 Å². The van der Waals surface area contributed by atoms with Crippen LogP contribution in [-0.4, -0.2) is 24.2 Å². The monoisotopic (exact) mass is 228 g/mol. The first-order valence-corrected chi connectivity index (χ1v) is 4.62. The number of epoxide rings is 1. The molecule has 1 aromatic rings. The molecule has 2 rings (SSSR count). The van der Waals surface area contributed by atoms with Crippen LogP contribution >= 0.6 is 15.9 Å². The highest BCUT2D eigenvalue weighted by Gasteiger charge is 2.21. The molecule has 12 heavy (non-hydrogen) atoms. The van der Waals surface area contributed by atoms with Crippen molar-refractivity contribution in [2.45, 2.75) is 6.10 Å². The van der Waals surface area contributed by atoms with Crippen molar-refractivity contribution in [3.05, 3.63) is 22.8 Å². The second-order valence-corrected chi connectivity index (χ2v) is 3.49. The number of nitrogens with one attached hydrogen (secondary N) is 1. The van der Waals surface area contributed by atoms with Gasteiger partial charge in [-0.3, -0.25) is 0 Å². The van der Waals surface area contributed by atoms with Gasteiger partial charge in [0, 0.05) is 6.54 Å². The zero-order valence-corrected chi connectivity index (χ0v) is 8.04. The van der Waals surface area contributed by atoms with Crippen molar-refractivity contribution in [2.75, 3.05) is 18.5 Å². The van der Waals surface area contributed by atoms with Crippen molar-refractivity contribution < 1.29 is 4.74 Å². The summed E-state index contributed by atoms with van der Waals surface area (Å²) in [7, 11) is 0. The van der Waals surface area contributed by atoms with E-state index >= 15 is 0 Å². The summed E-state index contributed by atoms with van der Waals surface area (Å²) in [5, 5.41) is 3.18. The third kappa shape index (κ3) is 2.19. The van der Waals surface area contributed by atoms with Crippen LogP contribution in [0.15, 0.2) is 22.8 Å². The first kappa shape index (κ1) is 8.01. The van der Waals surface area contributed by atoms with Gasteiger partial charge < -0.3 is 10.1 Å². The smallest absolute Gasteiger partial charge is 0.127 e. The molecule has 1 fully saturated rings. The number of aromatic nitrogens is 1. The topological polar surface area (TPSA) is 37.5 Å². The maximum Gasteiger partial charge on any atom is 0.127 e. The van der Waals surface area contributed by atoms with Crippen LogP contribution in [0.2, 0.25) is 0 Å². The summed E-state index contributed by atoms with van der Waals surface area (Å²) in [6, 6.07) is 5.79. The number of anilines is 1. The van der Waals surface area contributed by atoms with E-state index in [1.165, 1.54) is 0 Å². The van der Waals surface area contributed by atoms with E-state index in [9.17, 15) is 0 Å². The van der Waals surface area contributed by atoms with Gasteiger partial charge in [-0.05, 0) is 28.1 Å². The Morgan fingerprint density at radius 1 is 1.67 bits per heavy atom. The average molecular weight is 229 g/mol. The lowest BCUT2D eigenvalue weighted by molar-refractivity contribution is 0.416. The Morgan fingerprint density at radius 2 is 2.50 bits per heavy atom. The molecule has 0 bridgehead atoms. The molecular formula is C8H9BrN2O. The SMILES string of the molecule is Brc1cccc(NC[C@H]2CO2)n1. The fourth-order valence-electron chi connectivity index (χ4n) is 0.911. The van der Waals surface area contributed by atoms with E-state index in [1.807, 2.05) is 18.2 Å². The third-order valence-electron chi connectivity index (χ3n) is 1.63. The van der Waals surface area contributed by atoms with Crippen LogP contribution in [0.5, 0.6) is 0 Å². The minimum atomic E-state index is 0.394. The summed E-state index contributed by atoms with van der Waals surface area (Å²) in [5.74, 6) is 0.889. The quantitative estimate of drug-likeness (QED) is 0.632. The summed E-state index contributed by atoms with van der Waals surface area (Å²) >= 11 is 3.30. The Kier molecular flexibility index (Phi) is 2.28. The van der Waals surface area contributed by atoms with Crippen molar-refractivity contribution in [3.63, 3.8) is 0 Å². The lowest BCUT2D eigenvalue weighted by Crippen LogP contribution is -2.08. The van der Waals surface area contributed by atoms with Crippen LogP contribution in [0.25, 0.3) is 0 Å². The minimum Gasteiger partial charge on any atom is -0.371 e. The minimum absolute atomic E-state index is 0.394. The molecule has 4 heteroatoms. The highest BCUT2D eigenvalue weighted by atomic mass is 79.9. The molecule has 1 atom stereocenters. The van der Waals surface area contributed by atoms with Gasteiger partial charge in [0.1, 0.15) is 10.4 Å². The number of nitrogens with zero attached hydrogens (tertiary/aromatic N) is 1. The lowest BCUT2D eigenvalue weighted by atomic mass is 10.4. The Hall–Kier alpha value is -0.610. The fraction of sp³-hybridized carbons (Fsp3) is 0.375. The molecule has 2 heterocycles. The number of halogens is 1. The van der Waals surface area contributed by atoms with Gasteiger partial charge in [0.2, 0.25) is 0 Å². The average Bonchev–Trinajstić information content (AvgIpc) is 2.84. The lowest BCUT2D eigenvalue weighted by Gasteiger charge is -2.02. The predicted molar refractivity (Wildman–Crippen MR) is 50.2 cm³/mol. The van der Waals surface area contributed by atoms with Crippen LogP contribution in [-0.2, 0) is 4.74 Å². The van der Waals surface area contributed by atoms with Crippen molar-refractivity contribution in [1.82, 2.24) is 4.98 Å². The summed E-state index contributed by atoms with van der Waals surface area (Å²) in [6.45, 7) is 1.73. The first-order valence-electron chi connectivity index (χ1n) is 3.82. The van der Waals surface area contributed by atoms with Crippen LogP contribution in [0.1, 0.15) is 0 Å². The second-order valence-electron chi connectivity index (χ2n) is 2.68. The van der Waals surface area contributed by atoms with E-state index < -0.39 is 0 Å². The van der Waals surface area contributed by atoms with Gasteiger partial charge in [0.25, 0.3) is 0 Å². The zero-order valence-electron chi connectivity index (χ0n) is 6.46. The normalized spacial score (nSPS) is 20.6. The van der Waals surface area contributed by atoms with E-state index in [-0.39, 0.29) is 0 Å². The number of ether oxygens (including phenoxy) is 1. The molecule has 0 radical (unpaired) electrons. The van der Waals surface area contributed by atoms with Gasteiger partial charge in [-0.25, -0.2) is 4.98 Å². The van der Waals surface area contributed by atoms with Gasteiger partial charge in [-0.1, -0.05) is 6.07 Å². The summed E-state index contributed by atoms with van der Waals surface area (Å²) < 4.78 is 5.91. The van der Waals surface area contributed by atoms with Gasteiger partial charge in [0.05, 0.1) is 12.7 Å². The first-order chi connectivity index (χ1) is 5.84. The molecular weight excluding hydrogens is 220 g/mol. The number of rotatable bonds is 3. The molecule has 0 saturated carbocycles. The fourth-order valence-corrected chi connectivity index (χ4v) is 1.25. The van der Waals surface area contributed by atoms with Crippen molar-refractivity contribution in [3.8, 4) is 0 Å². The van der Waals surface area contributed by atoms with Crippen LogP contribution in [0, 0.1) is 0 Å². The molecule has 0 unspecified atom stereocenters. The summed E-state index contributed by atoms with van der Waals surface area (Å²) in [6.07, 6.45) is 0.394. The molecule has 64 valence electrons. The molecule has 1 aliphatic rings. The van der Waals surface area contributed by atoms with Crippen molar-refractivity contribution >= 4 is 21.7 Å². The Labute approximate surface area is 79.3 Å². The molecule has 1 aliphatic heterocycles. The van der Waals surface area contributed by atoms with Gasteiger partial charge >= 0.3 is 0 Å². The molecule has 0 spiro atoms. The number of hydrogen-bond donors (Lipinski definition) is 1. The highest BCUT2D eigenvalue weighted by Crippen LogP contribution is 2.12. The zero-order chi connectivity index (χ0) is 8.39. The van der Waals surface area contributed by atoms with E-state index in [1.54, 1.807) is 0 Å². The van der Waals surface area contributed by atoms with Gasteiger partial charge in [-0.2, -0.15) is 0 Å². The third-order valence-corrected chi connectivity index (χ3v) is 2.07. The van der Waals surface area contributed by atoms with Crippen molar-refractivity contribution in [2.24, 2.45) is 0 Å². The van der Waals surface area contributed by atoms with E-state index in [0.717, 1.165) is 23.6 Å². The number of hydrogen-bond acceptors (Lipinski definition) is 3. The highest BCUT2D eigenvalue weighted by molar-refractivity contribution is 9.10. The maximum absolute atomic E-state index is 5.06. The van der Waals surface area contributed by atoms with Crippen LogP contribution < -0.4 is 5.32 Å². The van der Waals surface area contributed by atoms with Crippen LogP contribution in [0.4, 0.5) is 5.82 Å². The maximum atomic E-state index is 5.06. The standard InChI is InChI=1S/C8H9BrN2O/c9-7-2-1-3-8(11-7)10-4-6-5-12-6/h1-3,6H,4-5H2,(H,10,11)/t6-/m0/s1. The largest absolute Gasteiger partial charge is 0.371 e. The molecule has 1 N–H and O–H groups in total. The Bertz CT molecular complexity index is 276. The van der Waals surface area contributed by atoms with Crippen molar-refractivity contribution in [1.29, 1.82) is 0 Å². The molecule has 0 amide bonds. The molecule has 1 aromatic heterocycles. The summed E-state index contributed by atoms with van der Waals surface area (Å²) in [4.78, 5) is 4.22. The Balaban J connectivity index is 1.92. The summed E-state index contributed by atoms with van der Waals surface area (Å²) in [5.41, 5.74) is 0. The molecule has 3 nitrogen and oxygen atoms in total. The van der Waals surface area contributed by atoms with Gasteiger partial charge in [0.15, 0.2) is 0 Å². The van der Waals surface area contributed by atoms with E-state index in [4.69, 9.17) is 4.74 Å². The second kappa shape index (κ2) is 3.41.